The highest BCUT2D eigenvalue weighted by Gasteiger charge is 2.23. The highest BCUT2D eigenvalue weighted by Crippen LogP contribution is 2.26. The van der Waals surface area contributed by atoms with Gasteiger partial charge in [-0.2, -0.15) is 0 Å². The highest BCUT2D eigenvalue weighted by molar-refractivity contribution is 8.00. The molecule has 1 heterocycles. The molecule has 2 aromatic carbocycles. The van der Waals surface area contributed by atoms with Crippen LogP contribution in [0.1, 0.15) is 40.2 Å². The lowest BCUT2D eigenvalue weighted by molar-refractivity contribution is -0.134. The van der Waals surface area contributed by atoms with Gasteiger partial charge in [-0.1, -0.05) is 46.8 Å². The lowest BCUT2D eigenvalue weighted by Crippen LogP contribution is -2.49. The minimum absolute atomic E-state index is 0.0107. The normalized spacial score (nSPS) is 14.6. The maximum absolute atomic E-state index is 12.4. The number of nitrogens with zero attached hydrogens (tertiary/aromatic N) is 2. The molecule has 1 aliphatic heterocycles. The van der Waals surface area contributed by atoms with Gasteiger partial charge in [-0.05, 0) is 47.4 Å². The zero-order valence-electron chi connectivity index (χ0n) is 19.9. The first-order chi connectivity index (χ1) is 15.1. The van der Waals surface area contributed by atoms with Gasteiger partial charge in [-0.15, -0.1) is 11.8 Å². The summed E-state index contributed by atoms with van der Waals surface area (Å²) in [6.07, 6.45) is 0. The molecule has 0 aromatic heterocycles. The van der Waals surface area contributed by atoms with E-state index >= 15 is 0 Å². The summed E-state index contributed by atoms with van der Waals surface area (Å²) in [6, 6.07) is 16.4. The fourth-order valence-electron chi connectivity index (χ4n) is 3.70. The van der Waals surface area contributed by atoms with Crippen LogP contribution in [-0.2, 0) is 15.0 Å². The van der Waals surface area contributed by atoms with Gasteiger partial charge < -0.3 is 15.1 Å². The van der Waals surface area contributed by atoms with Crippen LogP contribution in [0.25, 0.3) is 0 Å². The molecule has 1 saturated heterocycles. The first-order valence-corrected chi connectivity index (χ1v) is 12.3. The third-order valence-corrected chi connectivity index (χ3v) is 6.70. The molecule has 0 saturated carbocycles. The number of amides is 2. The van der Waals surface area contributed by atoms with Crippen molar-refractivity contribution in [1.29, 1.82) is 0 Å². The molecule has 2 aromatic rings. The zero-order chi connectivity index (χ0) is 23.3. The fraction of sp³-hybridized carbons (Fsp3) is 0.462. The van der Waals surface area contributed by atoms with Crippen LogP contribution in [0.2, 0.25) is 0 Å². The Bertz CT molecular complexity index is 910. The second-order valence-corrected chi connectivity index (χ2v) is 10.7. The average molecular weight is 454 g/mol. The Morgan fingerprint density at radius 2 is 1.53 bits per heavy atom. The number of anilines is 2. The van der Waals surface area contributed by atoms with Crippen LogP contribution in [0.5, 0.6) is 0 Å². The van der Waals surface area contributed by atoms with Gasteiger partial charge in [0.05, 0.1) is 5.75 Å². The quantitative estimate of drug-likeness (QED) is 0.624. The topological polar surface area (TPSA) is 52.7 Å². The molecule has 172 valence electrons. The number of nitrogens with one attached hydrogen (secondary N) is 1. The van der Waals surface area contributed by atoms with E-state index in [9.17, 15) is 9.59 Å². The molecule has 0 aliphatic carbocycles. The predicted octanol–water partition coefficient (Wildman–Crippen LogP) is 5.02. The summed E-state index contributed by atoms with van der Waals surface area (Å²) in [5, 5.41) is 2.98. The van der Waals surface area contributed by atoms with Gasteiger partial charge in [0.2, 0.25) is 11.8 Å². The van der Waals surface area contributed by atoms with Gasteiger partial charge >= 0.3 is 0 Å². The largest absolute Gasteiger partial charge is 0.368 e. The highest BCUT2D eigenvalue weighted by atomic mass is 32.2. The molecule has 3 rings (SSSR count). The third kappa shape index (κ3) is 6.52. The summed E-state index contributed by atoms with van der Waals surface area (Å²) in [5.41, 5.74) is 3.34. The van der Waals surface area contributed by atoms with Crippen molar-refractivity contribution in [2.45, 2.75) is 44.9 Å². The third-order valence-electron chi connectivity index (χ3n) is 5.69. The molecular weight excluding hydrogens is 418 g/mol. The molecule has 32 heavy (non-hydrogen) atoms. The number of rotatable bonds is 6. The number of carbonyl (C=O) groups excluding carboxylic acids is 2. The summed E-state index contributed by atoms with van der Waals surface area (Å²) >= 11 is 1.54. The lowest BCUT2D eigenvalue weighted by atomic mass is 9.87. The van der Waals surface area contributed by atoms with Crippen molar-refractivity contribution < 1.29 is 9.59 Å². The van der Waals surface area contributed by atoms with Crippen molar-refractivity contribution >= 4 is 35.0 Å². The van der Waals surface area contributed by atoms with Crippen molar-refractivity contribution in [3.8, 4) is 0 Å². The van der Waals surface area contributed by atoms with Gasteiger partial charge in [-0.25, -0.2) is 0 Å². The molecule has 6 heteroatoms. The number of benzene rings is 2. The zero-order valence-corrected chi connectivity index (χ0v) is 20.7. The van der Waals surface area contributed by atoms with E-state index in [-0.39, 0.29) is 23.1 Å². The molecule has 0 atom stereocenters. The van der Waals surface area contributed by atoms with Crippen molar-refractivity contribution in [2.24, 2.45) is 5.92 Å². The van der Waals surface area contributed by atoms with Crippen molar-refractivity contribution in [2.75, 3.05) is 42.1 Å². The number of hydrogen-bond acceptors (Lipinski definition) is 4. The van der Waals surface area contributed by atoms with E-state index in [1.165, 1.54) is 5.56 Å². The van der Waals surface area contributed by atoms with E-state index < -0.39 is 0 Å². The van der Waals surface area contributed by atoms with Crippen LogP contribution in [0.4, 0.5) is 11.4 Å². The molecule has 0 bridgehead atoms. The summed E-state index contributed by atoms with van der Waals surface area (Å²) in [7, 11) is 0. The summed E-state index contributed by atoms with van der Waals surface area (Å²) in [5.74, 6) is 0.641. The van der Waals surface area contributed by atoms with Crippen LogP contribution >= 0.6 is 11.8 Å². The van der Waals surface area contributed by atoms with Crippen molar-refractivity contribution in [3.63, 3.8) is 0 Å². The number of hydrogen-bond donors (Lipinski definition) is 1. The Kier molecular flexibility index (Phi) is 7.88. The van der Waals surface area contributed by atoms with Gasteiger partial charge in [0.15, 0.2) is 0 Å². The molecule has 1 N–H and O–H groups in total. The molecule has 0 spiro atoms. The van der Waals surface area contributed by atoms with Crippen molar-refractivity contribution in [1.82, 2.24) is 4.90 Å². The van der Waals surface area contributed by atoms with Crippen LogP contribution in [0, 0.1) is 5.92 Å². The number of carbonyl (C=O) groups is 2. The van der Waals surface area contributed by atoms with Gasteiger partial charge in [0.1, 0.15) is 0 Å². The van der Waals surface area contributed by atoms with E-state index in [1.807, 2.05) is 43.0 Å². The van der Waals surface area contributed by atoms with E-state index in [0.717, 1.165) is 42.4 Å². The fourth-order valence-corrected chi connectivity index (χ4v) is 4.40. The molecule has 2 amide bonds. The van der Waals surface area contributed by atoms with Gasteiger partial charge in [-0.3, -0.25) is 9.59 Å². The van der Waals surface area contributed by atoms with Crippen molar-refractivity contribution in [3.05, 3.63) is 54.1 Å². The van der Waals surface area contributed by atoms with Crippen LogP contribution in [0.3, 0.4) is 0 Å². The average Bonchev–Trinajstić information content (AvgIpc) is 2.77. The van der Waals surface area contributed by atoms with Crippen LogP contribution in [-0.4, -0.2) is 48.6 Å². The first kappa shape index (κ1) is 24.2. The monoisotopic (exact) mass is 453 g/mol. The Morgan fingerprint density at radius 3 is 2.06 bits per heavy atom. The first-order valence-electron chi connectivity index (χ1n) is 11.3. The summed E-state index contributed by atoms with van der Waals surface area (Å²) in [4.78, 5) is 29.9. The van der Waals surface area contributed by atoms with Crippen LogP contribution < -0.4 is 10.2 Å². The lowest BCUT2D eigenvalue weighted by Gasteiger charge is -2.37. The number of piperazine rings is 1. The smallest absolute Gasteiger partial charge is 0.234 e. The Hall–Kier alpha value is -2.47. The van der Waals surface area contributed by atoms with Gasteiger partial charge in [0, 0.05) is 48.4 Å². The second-order valence-electron chi connectivity index (χ2n) is 9.63. The maximum atomic E-state index is 12.4. The molecule has 0 unspecified atom stereocenters. The molecular formula is C26H35N3O2S. The second kappa shape index (κ2) is 10.4. The van der Waals surface area contributed by atoms with E-state index in [2.05, 4.69) is 55.3 Å². The maximum Gasteiger partial charge on any atom is 0.234 e. The number of thioether (sulfide) groups is 1. The molecule has 5 nitrogen and oxygen atoms in total. The van der Waals surface area contributed by atoms with Crippen LogP contribution in [0.15, 0.2) is 53.4 Å². The standard InChI is InChI=1S/C26H35N3O2S/c1-19(2)25(31)29-16-14-28(15-17-29)22-10-8-21(9-11-22)27-24(30)18-32-23-12-6-20(7-13-23)26(3,4)5/h6-13,19H,14-18H2,1-5H3,(H,27,30). The van der Waals surface area contributed by atoms with E-state index in [1.54, 1.807) is 11.8 Å². The van der Waals surface area contributed by atoms with E-state index in [0.29, 0.717) is 5.75 Å². The Labute approximate surface area is 196 Å². The Balaban J connectivity index is 1.46. The molecule has 0 radical (unpaired) electrons. The molecule has 1 fully saturated rings. The minimum atomic E-state index is -0.0107. The summed E-state index contributed by atoms with van der Waals surface area (Å²) < 4.78 is 0. The molecule has 1 aliphatic rings. The van der Waals surface area contributed by atoms with Gasteiger partial charge in [0.25, 0.3) is 0 Å². The summed E-state index contributed by atoms with van der Waals surface area (Å²) in [6.45, 7) is 13.6. The minimum Gasteiger partial charge on any atom is -0.368 e. The van der Waals surface area contributed by atoms with E-state index in [4.69, 9.17) is 0 Å². The predicted molar refractivity (Wildman–Crippen MR) is 135 cm³/mol. The Morgan fingerprint density at radius 1 is 0.938 bits per heavy atom. The SMILES string of the molecule is CC(C)C(=O)N1CCN(c2ccc(NC(=O)CSc3ccc(C(C)(C)C)cc3)cc2)CC1.